The van der Waals surface area contributed by atoms with Crippen LogP contribution in [0.15, 0.2) is 67.3 Å². The number of carbonyl (C=O) groups excluding carboxylic acids is 1. The molecule has 0 radical (unpaired) electrons. The molecule has 0 unspecified atom stereocenters. The van der Waals surface area contributed by atoms with Gasteiger partial charge >= 0.3 is 0 Å². The Morgan fingerprint density at radius 3 is 2.84 bits per heavy atom. The first-order chi connectivity index (χ1) is 12.2. The maximum absolute atomic E-state index is 12.7. The second-order valence-electron chi connectivity index (χ2n) is 5.85. The van der Waals surface area contributed by atoms with Crippen molar-refractivity contribution in [3.8, 4) is 5.69 Å². The predicted octanol–water partition coefficient (Wildman–Crippen LogP) is 3.51. The number of benzene rings is 2. The van der Waals surface area contributed by atoms with E-state index in [9.17, 15) is 4.79 Å². The van der Waals surface area contributed by atoms with Gasteiger partial charge in [0.05, 0.1) is 19.0 Å². The minimum absolute atomic E-state index is 0.104. The molecule has 2 aromatic carbocycles. The van der Waals surface area contributed by atoms with E-state index >= 15 is 0 Å². The number of hydrogen-bond donors (Lipinski definition) is 1. The molecule has 128 valence electrons. The molecule has 5 nitrogen and oxygen atoms in total. The standard InChI is InChI=1S/C20H21N3O2/c1-15(16-7-5-8-18(12-16)23-11-10-21-14-23)22-20(24)19-9-4-3-6-17(19)13-25-2/h3-12,14-15H,13H2,1-2H3,(H,22,24)/t15-/m0/s1. The Bertz CT molecular complexity index is 844. The summed E-state index contributed by atoms with van der Waals surface area (Å²) in [7, 11) is 1.62. The molecule has 1 heterocycles. The van der Waals surface area contributed by atoms with E-state index in [4.69, 9.17) is 4.74 Å². The van der Waals surface area contributed by atoms with Gasteiger partial charge in [-0.2, -0.15) is 0 Å². The van der Waals surface area contributed by atoms with E-state index in [0.29, 0.717) is 12.2 Å². The van der Waals surface area contributed by atoms with Crippen LogP contribution in [0.25, 0.3) is 5.69 Å². The molecule has 25 heavy (non-hydrogen) atoms. The first-order valence-corrected chi connectivity index (χ1v) is 8.15. The van der Waals surface area contributed by atoms with Crippen LogP contribution in [0.3, 0.4) is 0 Å². The summed E-state index contributed by atoms with van der Waals surface area (Å²) in [5.41, 5.74) is 3.56. The molecule has 0 aliphatic carbocycles. The van der Waals surface area contributed by atoms with E-state index in [0.717, 1.165) is 16.8 Å². The van der Waals surface area contributed by atoms with Crippen LogP contribution in [0, 0.1) is 0 Å². The zero-order chi connectivity index (χ0) is 17.6. The molecule has 3 rings (SSSR count). The van der Waals surface area contributed by atoms with Crippen molar-refractivity contribution in [3.63, 3.8) is 0 Å². The van der Waals surface area contributed by atoms with Gasteiger partial charge in [0.15, 0.2) is 0 Å². The molecule has 0 saturated heterocycles. The zero-order valence-corrected chi connectivity index (χ0v) is 14.3. The number of nitrogens with one attached hydrogen (secondary N) is 1. The fourth-order valence-electron chi connectivity index (χ4n) is 2.75. The summed E-state index contributed by atoms with van der Waals surface area (Å²) in [5.74, 6) is -0.104. The van der Waals surface area contributed by atoms with Crippen LogP contribution >= 0.6 is 0 Å². The number of nitrogens with zero attached hydrogens (tertiary/aromatic N) is 2. The van der Waals surface area contributed by atoms with Crippen molar-refractivity contribution in [3.05, 3.63) is 83.9 Å². The molecule has 3 aromatic rings. The number of aromatic nitrogens is 2. The van der Waals surface area contributed by atoms with Gasteiger partial charge in [0.25, 0.3) is 5.91 Å². The van der Waals surface area contributed by atoms with Crippen molar-refractivity contribution in [1.29, 1.82) is 0 Å². The normalized spacial score (nSPS) is 11.9. The van der Waals surface area contributed by atoms with Gasteiger partial charge in [-0.3, -0.25) is 4.79 Å². The molecule has 0 aliphatic rings. The van der Waals surface area contributed by atoms with Crippen molar-refractivity contribution in [2.24, 2.45) is 0 Å². The van der Waals surface area contributed by atoms with Gasteiger partial charge in [-0.15, -0.1) is 0 Å². The number of amides is 1. The summed E-state index contributed by atoms with van der Waals surface area (Å²) in [6, 6.07) is 15.4. The van der Waals surface area contributed by atoms with Gasteiger partial charge in [-0.25, -0.2) is 4.98 Å². The smallest absolute Gasteiger partial charge is 0.252 e. The maximum atomic E-state index is 12.7. The maximum Gasteiger partial charge on any atom is 0.252 e. The van der Waals surface area contributed by atoms with E-state index < -0.39 is 0 Å². The van der Waals surface area contributed by atoms with Gasteiger partial charge in [0, 0.05) is 30.8 Å². The number of imidazole rings is 1. The fraction of sp³-hybridized carbons (Fsp3) is 0.200. The lowest BCUT2D eigenvalue weighted by Crippen LogP contribution is -2.27. The van der Waals surface area contributed by atoms with Gasteiger partial charge in [0.2, 0.25) is 0 Å². The molecule has 5 heteroatoms. The van der Waals surface area contributed by atoms with E-state index in [1.807, 2.05) is 66.2 Å². The van der Waals surface area contributed by atoms with Crippen molar-refractivity contribution < 1.29 is 9.53 Å². The zero-order valence-electron chi connectivity index (χ0n) is 14.3. The van der Waals surface area contributed by atoms with E-state index in [1.165, 1.54) is 0 Å². The molecule has 1 atom stereocenters. The first-order valence-electron chi connectivity index (χ1n) is 8.15. The highest BCUT2D eigenvalue weighted by Crippen LogP contribution is 2.18. The number of carbonyl (C=O) groups is 1. The van der Waals surface area contributed by atoms with Crippen molar-refractivity contribution in [2.75, 3.05) is 7.11 Å². The van der Waals surface area contributed by atoms with Crippen LogP contribution in [0.2, 0.25) is 0 Å². The summed E-state index contributed by atoms with van der Waals surface area (Å²) in [6.07, 6.45) is 5.39. The lowest BCUT2D eigenvalue weighted by Gasteiger charge is -2.17. The SMILES string of the molecule is COCc1ccccc1C(=O)N[C@@H](C)c1cccc(-n2ccnc2)c1. The molecular weight excluding hydrogens is 314 g/mol. The molecule has 1 amide bonds. The van der Waals surface area contributed by atoms with Crippen LogP contribution < -0.4 is 5.32 Å². The Morgan fingerprint density at radius 2 is 2.08 bits per heavy atom. The van der Waals surface area contributed by atoms with E-state index in [1.54, 1.807) is 19.6 Å². The molecule has 1 aromatic heterocycles. The highest BCUT2D eigenvalue weighted by Gasteiger charge is 2.15. The summed E-state index contributed by atoms with van der Waals surface area (Å²) in [4.78, 5) is 16.7. The van der Waals surface area contributed by atoms with Crippen LogP contribution in [0.1, 0.15) is 34.5 Å². The topological polar surface area (TPSA) is 56.1 Å². The quantitative estimate of drug-likeness (QED) is 0.750. The number of hydrogen-bond acceptors (Lipinski definition) is 3. The number of ether oxygens (including phenoxy) is 1. The molecule has 0 saturated carbocycles. The molecule has 0 fully saturated rings. The van der Waals surface area contributed by atoms with Gasteiger partial charge in [-0.1, -0.05) is 30.3 Å². The highest BCUT2D eigenvalue weighted by atomic mass is 16.5. The molecule has 0 spiro atoms. The van der Waals surface area contributed by atoms with Gasteiger partial charge in [0.1, 0.15) is 0 Å². The lowest BCUT2D eigenvalue weighted by molar-refractivity contribution is 0.0935. The Hall–Kier alpha value is -2.92. The van der Waals surface area contributed by atoms with Crippen LogP contribution in [-0.2, 0) is 11.3 Å². The highest BCUT2D eigenvalue weighted by molar-refractivity contribution is 5.95. The number of methoxy groups -OCH3 is 1. The number of rotatable bonds is 6. The fourth-order valence-corrected chi connectivity index (χ4v) is 2.75. The van der Waals surface area contributed by atoms with Crippen molar-refractivity contribution in [1.82, 2.24) is 14.9 Å². The second kappa shape index (κ2) is 7.77. The predicted molar refractivity (Wildman–Crippen MR) is 96.6 cm³/mol. The summed E-state index contributed by atoms with van der Waals surface area (Å²) in [6.45, 7) is 2.39. The lowest BCUT2D eigenvalue weighted by atomic mass is 10.0. The molecule has 0 bridgehead atoms. The van der Waals surface area contributed by atoms with Crippen LogP contribution in [0.5, 0.6) is 0 Å². The first kappa shape index (κ1) is 16.9. The molecular formula is C20H21N3O2. The molecule has 1 N–H and O–H groups in total. The summed E-state index contributed by atoms with van der Waals surface area (Å²) in [5, 5.41) is 3.06. The minimum Gasteiger partial charge on any atom is -0.380 e. The Balaban J connectivity index is 1.77. The van der Waals surface area contributed by atoms with Crippen LogP contribution in [0.4, 0.5) is 0 Å². The van der Waals surface area contributed by atoms with Gasteiger partial charge in [-0.05, 0) is 36.2 Å². The average Bonchev–Trinajstić information content (AvgIpc) is 3.17. The van der Waals surface area contributed by atoms with Crippen molar-refractivity contribution in [2.45, 2.75) is 19.6 Å². The Labute approximate surface area is 147 Å². The minimum atomic E-state index is -0.119. The van der Waals surface area contributed by atoms with E-state index in [2.05, 4.69) is 10.3 Å². The summed E-state index contributed by atoms with van der Waals surface area (Å²) >= 11 is 0. The largest absolute Gasteiger partial charge is 0.380 e. The van der Waals surface area contributed by atoms with Crippen molar-refractivity contribution >= 4 is 5.91 Å². The van der Waals surface area contributed by atoms with E-state index in [-0.39, 0.29) is 11.9 Å². The molecule has 0 aliphatic heterocycles. The second-order valence-corrected chi connectivity index (χ2v) is 5.85. The third kappa shape index (κ3) is 3.95. The Kier molecular flexibility index (Phi) is 5.26. The monoisotopic (exact) mass is 335 g/mol. The van der Waals surface area contributed by atoms with Crippen LogP contribution in [-0.4, -0.2) is 22.6 Å². The third-order valence-electron chi connectivity index (χ3n) is 4.08. The average molecular weight is 335 g/mol. The third-order valence-corrected chi connectivity index (χ3v) is 4.08. The summed E-state index contributed by atoms with van der Waals surface area (Å²) < 4.78 is 7.11. The van der Waals surface area contributed by atoms with Gasteiger partial charge < -0.3 is 14.6 Å². The Morgan fingerprint density at radius 1 is 1.24 bits per heavy atom.